The lowest BCUT2D eigenvalue weighted by molar-refractivity contribution is 0.0941. The van der Waals surface area contributed by atoms with Gasteiger partial charge in [0.05, 0.1) is 7.11 Å². The second-order valence-corrected chi connectivity index (χ2v) is 7.10. The number of imidazole rings is 1. The first-order valence-corrected chi connectivity index (χ1v) is 9.53. The number of H-pyrrole nitrogens is 2. The smallest absolute Gasteiger partial charge is 0.287 e. The average Bonchev–Trinajstić information content (AvgIpc) is 3.35. The molecule has 9 heteroatoms. The number of benzene rings is 1. The molecule has 0 saturated heterocycles. The van der Waals surface area contributed by atoms with E-state index in [0.29, 0.717) is 22.5 Å². The molecule has 4 rings (SSSR count). The number of ether oxygens (including phenoxy) is 1. The van der Waals surface area contributed by atoms with Gasteiger partial charge >= 0.3 is 0 Å². The normalized spacial score (nSPS) is 10.8. The van der Waals surface area contributed by atoms with Crippen molar-refractivity contribution < 1.29 is 9.53 Å². The van der Waals surface area contributed by atoms with Gasteiger partial charge in [-0.15, -0.1) is 0 Å². The van der Waals surface area contributed by atoms with Gasteiger partial charge in [0.15, 0.2) is 5.82 Å². The molecule has 4 aromatic rings. The maximum Gasteiger partial charge on any atom is 0.287 e. The predicted molar refractivity (Wildman–Crippen MR) is 113 cm³/mol. The zero-order chi connectivity index (χ0) is 20.4. The third-order valence-corrected chi connectivity index (χ3v) is 4.99. The molecule has 0 atom stereocenters. The molecule has 0 saturated carbocycles. The first kappa shape index (κ1) is 18.9. The number of nitrogens with one attached hydrogen (secondary N) is 4. The van der Waals surface area contributed by atoms with E-state index in [-0.39, 0.29) is 17.6 Å². The van der Waals surface area contributed by atoms with Gasteiger partial charge in [0.2, 0.25) is 5.90 Å². The maximum atomic E-state index is 12.5. The lowest BCUT2D eigenvalue weighted by Crippen LogP contribution is -2.23. The van der Waals surface area contributed by atoms with Crippen LogP contribution in [0, 0.1) is 5.41 Å². The molecular formula is C20H17BrN6O2. The Hall–Kier alpha value is -3.46. The second-order valence-electron chi connectivity index (χ2n) is 6.30. The van der Waals surface area contributed by atoms with E-state index in [0.717, 1.165) is 22.0 Å². The molecule has 0 unspecified atom stereocenters. The molecule has 0 spiro atoms. The number of rotatable bonds is 5. The van der Waals surface area contributed by atoms with Crippen molar-refractivity contribution in [2.75, 3.05) is 7.11 Å². The highest BCUT2D eigenvalue weighted by atomic mass is 79.9. The third kappa shape index (κ3) is 3.90. The molecule has 0 radical (unpaired) electrons. The molecule has 1 amide bonds. The zero-order valence-corrected chi connectivity index (χ0v) is 17.0. The largest absolute Gasteiger partial charge is 0.480 e. The summed E-state index contributed by atoms with van der Waals surface area (Å²) in [5.41, 5.74) is 3.90. The van der Waals surface area contributed by atoms with E-state index < -0.39 is 0 Å². The molecule has 29 heavy (non-hydrogen) atoms. The molecule has 8 nitrogen and oxygen atoms in total. The number of nitrogens with zero attached hydrogens (tertiary/aromatic N) is 2. The third-order valence-electron chi connectivity index (χ3n) is 4.42. The van der Waals surface area contributed by atoms with Crippen molar-refractivity contribution in [2.45, 2.75) is 6.54 Å². The second kappa shape index (κ2) is 7.88. The number of carbonyl (C=O) groups excluding carboxylic acids is 1. The van der Waals surface area contributed by atoms with E-state index in [2.05, 4.69) is 41.2 Å². The van der Waals surface area contributed by atoms with Crippen molar-refractivity contribution >= 4 is 38.6 Å². The van der Waals surface area contributed by atoms with E-state index in [1.807, 2.05) is 36.4 Å². The number of halogens is 1. The summed E-state index contributed by atoms with van der Waals surface area (Å²) < 4.78 is 5.58. The Bertz CT molecular complexity index is 1200. The van der Waals surface area contributed by atoms with Crippen molar-refractivity contribution in [3.05, 3.63) is 70.5 Å². The molecule has 3 aromatic heterocycles. The molecule has 0 bridgehead atoms. The quantitative estimate of drug-likeness (QED) is 0.273. The van der Waals surface area contributed by atoms with Crippen molar-refractivity contribution in [1.82, 2.24) is 25.3 Å². The highest BCUT2D eigenvalue weighted by molar-refractivity contribution is 9.10. The van der Waals surface area contributed by atoms with Crippen LogP contribution in [-0.2, 0) is 11.3 Å². The summed E-state index contributed by atoms with van der Waals surface area (Å²) in [6, 6.07) is 11.3. The van der Waals surface area contributed by atoms with Crippen LogP contribution in [0.3, 0.4) is 0 Å². The molecule has 1 aromatic carbocycles. The number of carbonyl (C=O) groups is 1. The Morgan fingerprint density at radius 3 is 2.76 bits per heavy atom. The first-order valence-electron chi connectivity index (χ1n) is 8.74. The monoisotopic (exact) mass is 452 g/mol. The highest BCUT2D eigenvalue weighted by Gasteiger charge is 2.16. The van der Waals surface area contributed by atoms with Crippen molar-refractivity contribution in [3.8, 4) is 11.3 Å². The first-order chi connectivity index (χ1) is 14.0. The fraction of sp³-hybridized carbons (Fsp3) is 0.100. The fourth-order valence-electron chi connectivity index (χ4n) is 2.93. The van der Waals surface area contributed by atoms with Gasteiger partial charge in [0, 0.05) is 35.4 Å². The van der Waals surface area contributed by atoms with Gasteiger partial charge in [-0.1, -0.05) is 6.07 Å². The topological polar surface area (TPSA) is 120 Å². The van der Waals surface area contributed by atoms with Gasteiger partial charge in [0.1, 0.15) is 16.0 Å². The summed E-state index contributed by atoms with van der Waals surface area (Å²) in [5.74, 6) is -0.0129. The Balaban J connectivity index is 1.57. The fourth-order valence-corrected chi connectivity index (χ4v) is 3.44. The number of methoxy groups -OCH3 is 1. The Morgan fingerprint density at radius 2 is 2.00 bits per heavy atom. The minimum absolute atomic E-state index is 0.0665. The van der Waals surface area contributed by atoms with Crippen LogP contribution in [0.1, 0.15) is 21.9 Å². The van der Waals surface area contributed by atoms with E-state index >= 15 is 0 Å². The summed E-state index contributed by atoms with van der Waals surface area (Å²) in [5, 5.41) is 11.5. The van der Waals surface area contributed by atoms with E-state index in [1.165, 1.54) is 7.11 Å². The molecule has 0 aliphatic carbocycles. The summed E-state index contributed by atoms with van der Waals surface area (Å²) in [6.07, 6.45) is 3.36. The van der Waals surface area contributed by atoms with Crippen LogP contribution < -0.4 is 5.32 Å². The average molecular weight is 453 g/mol. The molecule has 0 fully saturated rings. The summed E-state index contributed by atoms with van der Waals surface area (Å²) >= 11 is 3.45. The van der Waals surface area contributed by atoms with Gasteiger partial charge < -0.3 is 20.0 Å². The lowest BCUT2D eigenvalue weighted by Gasteiger charge is -2.02. The van der Waals surface area contributed by atoms with E-state index in [9.17, 15) is 4.79 Å². The highest BCUT2D eigenvalue weighted by Crippen LogP contribution is 2.29. The van der Waals surface area contributed by atoms with Crippen molar-refractivity contribution in [2.24, 2.45) is 0 Å². The van der Waals surface area contributed by atoms with Crippen molar-refractivity contribution in [1.29, 1.82) is 5.41 Å². The minimum atomic E-state index is -0.299. The van der Waals surface area contributed by atoms with Gasteiger partial charge in [-0.25, -0.2) is 4.98 Å². The SMILES string of the molecule is COC(=N)c1cc2cc(-c3nc(C(=O)NCc4ccncc4)[nH]c3Br)ccc2[nH]1. The van der Waals surface area contributed by atoms with E-state index in [4.69, 9.17) is 10.1 Å². The zero-order valence-electron chi connectivity index (χ0n) is 15.4. The van der Waals surface area contributed by atoms with Crippen LogP contribution in [0.15, 0.2) is 53.4 Å². The van der Waals surface area contributed by atoms with Crippen LogP contribution in [0.2, 0.25) is 0 Å². The van der Waals surface area contributed by atoms with Gasteiger partial charge in [-0.05, 0) is 51.8 Å². The standard InChI is InChI=1S/C20H17BrN6O2/c1-29-18(22)15-9-13-8-12(2-3-14(13)25-15)16-17(21)27-19(26-16)20(28)24-10-11-4-6-23-7-5-11/h2-9,22,25H,10H2,1H3,(H,24,28)(H,26,27). The number of pyridine rings is 1. The molecule has 146 valence electrons. The maximum absolute atomic E-state index is 12.5. The van der Waals surface area contributed by atoms with Gasteiger partial charge in [-0.2, -0.15) is 0 Å². The van der Waals surface area contributed by atoms with E-state index in [1.54, 1.807) is 12.4 Å². The molecule has 0 aliphatic heterocycles. The molecular weight excluding hydrogens is 436 g/mol. The summed E-state index contributed by atoms with van der Waals surface area (Å²) in [4.78, 5) is 27.0. The number of hydrogen-bond donors (Lipinski definition) is 4. The van der Waals surface area contributed by atoms with Crippen LogP contribution in [-0.4, -0.2) is 38.9 Å². The number of fused-ring (bicyclic) bond motifs is 1. The minimum Gasteiger partial charge on any atom is -0.480 e. The van der Waals surface area contributed by atoms with Gasteiger partial charge in [-0.3, -0.25) is 15.2 Å². The number of hydrogen-bond acceptors (Lipinski definition) is 5. The molecule has 0 aliphatic rings. The Kier molecular flexibility index (Phi) is 5.13. The molecule has 3 heterocycles. The number of amides is 1. The Morgan fingerprint density at radius 1 is 1.21 bits per heavy atom. The van der Waals surface area contributed by atoms with Crippen LogP contribution in [0.5, 0.6) is 0 Å². The van der Waals surface area contributed by atoms with Crippen LogP contribution >= 0.6 is 15.9 Å². The molecule has 4 N–H and O–H groups in total. The van der Waals surface area contributed by atoms with Crippen molar-refractivity contribution in [3.63, 3.8) is 0 Å². The summed E-state index contributed by atoms with van der Waals surface area (Å²) in [7, 11) is 1.46. The lowest BCUT2D eigenvalue weighted by atomic mass is 10.1. The predicted octanol–water partition coefficient (Wildman–Crippen LogP) is 3.62. The van der Waals surface area contributed by atoms with Gasteiger partial charge in [0.25, 0.3) is 5.91 Å². The Labute approximate surface area is 174 Å². The summed E-state index contributed by atoms with van der Waals surface area (Å²) in [6.45, 7) is 0.387. The number of aromatic nitrogens is 4. The van der Waals surface area contributed by atoms with Crippen LogP contribution in [0.25, 0.3) is 22.2 Å². The number of aromatic amines is 2. The van der Waals surface area contributed by atoms with Crippen LogP contribution in [0.4, 0.5) is 0 Å².